The lowest BCUT2D eigenvalue weighted by atomic mass is 10.1. The SMILES string of the molecule is O=C(Nc1ccc(F)cn1)C1CCN(C(=O)OCc2ccccc2)C1. The molecule has 0 saturated carbocycles. The first-order valence-corrected chi connectivity index (χ1v) is 8.00. The number of benzene rings is 1. The number of anilines is 1. The Morgan fingerprint density at radius 3 is 2.76 bits per heavy atom. The van der Waals surface area contributed by atoms with Crippen molar-refractivity contribution in [2.45, 2.75) is 13.0 Å². The molecule has 1 aliphatic rings. The Morgan fingerprint density at radius 2 is 2.04 bits per heavy atom. The van der Waals surface area contributed by atoms with E-state index in [1.165, 1.54) is 17.0 Å². The summed E-state index contributed by atoms with van der Waals surface area (Å²) in [5.74, 6) is -0.753. The highest BCUT2D eigenvalue weighted by atomic mass is 19.1. The largest absolute Gasteiger partial charge is 0.445 e. The summed E-state index contributed by atoms with van der Waals surface area (Å²) in [5.41, 5.74) is 0.909. The lowest BCUT2D eigenvalue weighted by molar-refractivity contribution is -0.119. The Labute approximate surface area is 144 Å². The van der Waals surface area contributed by atoms with E-state index >= 15 is 0 Å². The summed E-state index contributed by atoms with van der Waals surface area (Å²) < 4.78 is 18.1. The molecule has 7 heteroatoms. The maximum atomic E-state index is 12.8. The van der Waals surface area contributed by atoms with Gasteiger partial charge < -0.3 is 15.0 Å². The zero-order valence-corrected chi connectivity index (χ0v) is 13.5. The van der Waals surface area contributed by atoms with E-state index in [0.717, 1.165) is 11.8 Å². The summed E-state index contributed by atoms with van der Waals surface area (Å²) >= 11 is 0. The number of rotatable bonds is 4. The van der Waals surface area contributed by atoms with Gasteiger partial charge in [0.15, 0.2) is 0 Å². The Balaban J connectivity index is 1.48. The molecule has 1 saturated heterocycles. The second-order valence-electron chi connectivity index (χ2n) is 5.82. The zero-order valence-electron chi connectivity index (χ0n) is 13.5. The molecule has 130 valence electrons. The van der Waals surface area contributed by atoms with Crippen molar-refractivity contribution in [3.05, 3.63) is 60.0 Å². The Kier molecular flexibility index (Phi) is 5.23. The summed E-state index contributed by atoms with van der Waals surface area (Å²) in [6.07, 6.45) is 1.16. The molecule has 0 aliphatic carbocycles. The van der Waals surface area contributed by atoms with E-state index < -0.39 is 11.9 Å². The number of carbonyl (C=O) groups excluding carboxylic acids is 2. The minimum atomic E-state index is -0.466. The Bertz CT molecular complexity index is 737. The molecule has 0 radical (unpaired) electrons. The highest BCUT2D eigenvalue weighted by Gasteiger charge is 2.32. The number of ether oxygens (including phenoxy) is 1. The number of likely N-dealkylation sites (tertiary alicyclic amines) is 1. The molecule has 2 amide bonds. The predicted molar refractivity (Wildman–Crippen MR) is 89.1 cm³/mol. The van der Waals surface area contributed by atoms with Crippen LogP contribution in [0, 0.1) is 11.7 Å². The van der Waals surface area contributed by atoms with Crippen LogP contribution in [0.3, 0.4) is 0 Å². The third kappa shape index (κ3) is 4.53. The quantitative estimate of drug-likeness (QED) is 0.927. The third-order valence-corrected chi connectivity index (χ3v) is 4.00. The number of nitrogens with zero attached hydrogens (tertiary/aromatic N) is 2. The summed E-state index contributed by atoms with van der Waals surface area (Å²) in [6.45, 7) is 0.954. The lowest BCUT2D eigenvalue weighted by Gasteiger charge is -2.16. The van der Waals surface area contributed by atoms with Gasteiger partial charge in [-0.25, -0.2) is 14.2 Å². The first-order chi connectivity index (χ1) is 12.1. The van der Waals surface area contributed by atoms with Crippen LogP contribution >= 0.6 is 0 Å². The van der Waals surface area contributed by atoms with E-state index in [9.17, 15) is 14.0 Å². The van der Waals surface area contributed by atoms with Gasteiger partial charge in [-0.05, 0) is 24.1 Å². The molecule has 1 aromatic carbocycles. The van der Waals surface area contributed by atoms with Gasteiger partial charge in [-0.2, -0.15) is 0 Å². The van der Waals surface area contributed by atoms with Crippen LogP contribution in [0.1, 0.15) is 12.0 Å². The topological polar surface area (TPSA) is 71.5 Å². The van der Waals surface area contributed by atoms with Crippen LogP contribution < -0.4 is 5.32 Å². The van der Waals surface area contributed by atoms with Crippen LogP contribution in [-0.2, 0) is 16.1 Å². The lowest BCUT2D eigenvalue weighted by Crippen LogP contribution is -2.32. The zero-order chi connectivity index (χ0) is 17.6. The van der Waals surface area contributed by atoms with Crippen molar-refractivity contribution in [3.63, 3.8) is 0 Å². The minimum absolute atomic E-state index is 0.201. The van der Waals surface area contributed by atoms with Gasteiger partial charge in [0.05, 0.1) is 12.1 Å². The molecule has 0 bridgehead atoms. The summed E-state index contributed by atoms with van der Waals surface area (Å²) in [5, 5.41) is 2.63. The fourth-order valence-electron chi connectivity index (χ4n) is 2.63. The molecule has 1 unspecified atom stereocenters. The van der Waals surface area contributed by atoms with Crippen LogP contribution in [0.15, 0.2) is 48.7 Å². The predicted octanol–water partition coefficient (Wildman–Crippen LogP) is 2.82. The van der Waals surface area contributed by atoms with Crippen molar-refractivity contribution in [1.82, 2.24) is 9.88 Å². The van der Waals surface area contributed by atoms with Crippen molar-refractivity contribution in [2.24, 2.45) is 5.92 Å². The molecule has 6 nitrogen and oxygen atoms in total. The van der Waals surface area contributed by atoms with Crippen molar-refractivity contribution in [3.8, 4) is 0 Å². The van der Waals surface area contributed by atoms with Gasteiger partial charge >= 0.3 is 6.09 Å². The van der Waals surface area contributed by atoms with Gasteiger partial charge in [0, 0.05) is 13.1 Å². The van der Waals surface area contributed by atoms with E-state index in [1.807, 2.05) is 30.3 Å². The van der Waals surface area contributed by atoms with Gasteiger partial charge in [-0.1, -0.05) is 30.3 Å². The molecule has 1 atom stereocenters. The van der Waals surface area contributed by atoms with Gasteiger partial charge in [0.25, 0.3) is 0 Å². The highest BCUT2D eigenvalue weighted by Crippen LogP contribution is 2.19. The van der Waals surface area contributed by atoms with E-state index in [2.05, 4.69) is 10.3 Å². The molecule has 3 rings (SSSR count). The van der Waals surface area contributed by atoms with Crippen LogP contribution in [0.5, 0.6) is 0 Å². The number of amides is 2. The van der Waals surface area contributed by atoms with Crippen molar-refractivity contribution in [2.75, 3.05) is 18.4 Å². The third-order valence-electron chi connectivity index (χ3n) is 4.00. The number of halogens is 1. The molecule has 2 heterocycles. The molecule has 1 aliphatic heterocycles. The van der Waals surface area contributed by atoms with E-state index in [-0.39, 0.29) is 24.2 Å². The van der Waals surface area contributed by atoms with Gasteiger partial charge in [-0.15, -0.1) is 0 Å². The standard InChI is InChI=1S/C18H18FN3O3/c19-15-6-7-16(20-10-15)21-17(23)14-8-9-22(11-14)18(24)25-12-13-4-2-1-3-5-13/h1-7,10,14H,8-9,11-12H2,(H,20,21,23). The normalized spacial score (nSPS) is 16.5. The van der Waals surface area contributed by atoms with Gasteiger partial charge in [0.1, 0.15) is 18.2 Å². The monoisotopic (exact) mass is 343 g/mol. The maximum absolute atomic E-state index is 12.8. The first kappa shape index (κ1) is 16.9. The molecule has 1 aromatic heterocycles. The molecular weight excluding hydrogens is 325 g/mol. The van der Waals surface area contributed by atoms with E-state index in [0.29, 0.717) is 19.5 Å². The molecule has 1 N–H and O–H groups in total. The number of carbonyl (C=O) groups is 2. The van der Waals surface area contributed by atoms with E-state index in [4.69, 9.17) is 4.74 Å². The Hall–Kier alpha value is -2.96. The second-order valence-corrected chi connectivity index (χ2v) is 5.82. The molecular formula is C18H18FN3O3. The van der Waals surface area contributed by atoms with Crippen molar-refractivity contribution in [1.29, 1.82) is 0 Å². The number of hydrogen-bond acceptors (Lipinski definition) is 4. The van der Waals surface area contributed by atoms with Gasteiger partial charge in [-0.3, -0.25) is 4.79 Å². The number of hydrogen-bond donors (Lipinski definition) is 1. The summed E-state index contributed by atoms with van der Waals surface area (Å²) in [4.78, 5) is 29.6. The van der Waals surface area contributed by atoms with Crippen LogP contribution in [-0.4, -0.2) is 35.0 Å². The van der Waals surface area contributed by atoms with Crippen LogP contribution in [0.4, 0.5) is 15.0 Å². The number of aromatic nitrogens is 1. The average Bonchev–Trinajstić information content (AvgIpc) is 3.13. The molecule has 25 heavy (non-hydrogen) atoms. The van der Waals surface area contributed by atoms with Gasteiger partial charge in [0.2, 0.25) is 5.91 Å². The average molecular weight is 343 g/mol. The maximum Gasteiger partial charge on any atom is 0.410 e. The number of pyridine rings is 1. The van der Waals surface area contributed by atoms with Crippen molar-refractivity contribution < 1.29 is 18.7 Å². The van der Waals surface area contributed by atoms with Crippen LogP contribution in [0.25, 0.3) is 0 Å². The first-order valence-electron chi connectivity index (χ1n) is 8.00. The minimum Gasteiger partial charge on any atom is -0.445 e. The fourth-order valence-corrected chi connectivity index (χ4v) is 2.63. The smallest absolute Gasteiger partial charge is 0.410 e. The molecule has 0 spiro atoms. The summed E-state index contributed by atoms with van der Waals surface area (Å²) in [7, 11) is 0. The molecule has 2 aromatic rings. The summed E-state index contributed by atoms with van der Waals surface area (Å²) in [6, 6.07) is 12.0. The van der Waals surface area contributed by atoms with E-state index in [1.54, 1.807) is 0 Å². The Morgan fingerprint density at radius 1 is 1.24 bits per heavy atom. The van der Waals surface area contributed by atoms with Crippen molar-refractivity contribution >= 4 is 17.8 Å². The van der Waals surface area contributed by atoms with Crippen LogP contribution in [0.2, 0.25) is 0 Å². The second kappa shape index (κ2) is 7.74. The molecule has 1 fully saturated rings. The fraction of sp³-hybridized carbons (Fsp3) is 0.278. The highest BCUT2D eigenvalue weighted by molar-refractivity contribution is 5.92. The number of nitrogens with one attached hydrogen (secondary N) is 1.